The Morgan fingerprint density at radius 3 is 2.48 bits per heavy atom. The molecule has 2 fully saturated rings. The fraction of sp³-hybridized carbons (Fsp3) is 0.381. The van der Waals surface area contributed by atoms with Gasteiger partial charge in [0.2, 0.25) is 0 Å². The number of fused-ring (bicyclic) bond motifs is 2. The summed E-state index contributed by atoms with van der Waals surface area (Å²) in [7, 11) is 0. The molecule has 3 heterocycles. The molecule has 1 aromatic heterocycles. The maximum atomic E-state index is 13.4. The summed E-state index contributed by atoms with van der Waals surface area (Å²) >= 11 is 0. The third-order valence-corrected chi connectivity index (χ3v) is 5.51. The lowest BCUT2D eigenvalue weighted by molar-refractivity contribution is 0.0485. The van der Waals surface area contributed by atoms with E-state index in [-0.39, 0.29) is 36.5 Å². The Kier molecular flexibility index (Phi) is 4.88. The lowest BCUT2D eigenvalue weighted by Gasteiger charge is -2.37. The first-order valence-corrected chi connectivity index (χ1v) is 9.25. The Hall–Kier alpha value is -2.76. The Bertz CT molecular complexity index is 828. The smallest absolute Gasteiger partial charge is 0.410 e. The average molecular weight is 368 g/mol. The highest BCUT2D eigenvalue weighted by atomic mass is 19.1. The zero-order valence-electron chi connectivity index (χ0n) is 14.9. The summed E-state index contributed by atoms with van der Waals surface area (Å²) in [5.74, 6) is -0.800. The minimum absolute atomic E-state index is 0.00231. The van der Waals surface area contributed by atoms with Crippen LogP contribution >= 0.6 is 0 Å². The van der Waals surface area contributed by atoms with Crippen LogP contribution in [0.5, 0.6) is 0 Å². The number of carbonyl (C=O) groups is 2. The molecule has 1 amide bonds. The van der Waals surface area contributed by atoms with Crippen molar-refractivity contribution in [1.82, 2.24) is 9.88 Å². The maximum absolute atomic E-state index is 13.4. The van der Waals surface area contributed by atoms with Crippen molar-refractivity contribution in [2.75, 3.05) is 0 Å². The molecule has 4 rings (SSSR count). The molecule has 2 bridgehead atoms. The predicted octanol–water partition coefficient (Wildman–Crippen LogP) is 3.98. The Labute approximate surface area is 157 Å². The van der Waals surface area contributed by atoms with E-state index in [1.54, 1.807) is 4.90 Å². The van der Waals surface area contributed by atoms with Crippen LogP contribution in [0.1, 0.15) is 41.6 Å². The first kappa shape index (κ1) is 17.6. The standard InChI is InChI=1S/C21H21FN2O3/c22-17-8-16(11-23-12-17)20(25)15-9-18-6-7-19(10-15)24(18)21(26)27-13-14-4-2-1-3-5-14/h1-5,8,11-12,15,18-19H,6-7,9-10,13H2. The zero-order valence-corrected chi connectivity index (χ0v) is 14.9. The highest BCUT2D eigenvalue weighted by Gasteiger charge is 2.46. The molecule has 2 aliphatic rings. The van der Waals surface area contributed by atoms with Gasteiger partial charge in [0.25, 0.3) is 0 Å². The summed E-state index contributed by atoms with van der Waals surface area (Å²) in [5, 5.41) is 0. The van der Waals surface area contributed by atoms with Crippen LogP contribution in [-0.2, 0) is 11.3 Å². The first-order valence-electron chi connectivity index (χ1n) is 9.25. The van der Waals surface area contributed by atoms with E-state index in [4.69, 9.17) is 4.74 Å². The molecule has 0 saturated carbocycles. The number of ketones is 1. The van der Waals surface area contributed by atoms with Gasteiger partial charge in [-0.3, -0.25) is 9.78 Å². The largest absolute Gasteiger partial charge is 0.445 e. The fourth-order valence-electron chi connectivity index (χ4n) is 4.27. The van der Waals surface area contributed by atoms with Crippen LogP contribution in [0.2, 0.25) is 0 Å². The third kappa shape index (κ3) is 3.70. The van der Waals surface area contributed by atoms with Gasteiger partial charge in [-0.15, -0.1) is 0 Å². The summed E-state index contributed by atoms with van der Waals surface area (Å²) in [6, 6.07) is 10.8. The summed E-state index contributed by atoms with van der Waals surface area (Å²) in [5.41, 5.74) is 1.25. The van der Waals surface area contributed by atoms with Gasteiger partial charge in [0.05, 0.1) is 6.20 Å². The van der Waals surface area contributed by atoms with Gasteiger partial charge in [-0.25, -0.2) is 9.18 Å². The molecule has 6 heteroatoms. The number of hydrogen-bond donors (Lipinski definition) is 0. The molecule has 140 valence electrons. The molecule has 2 aromatic rings. The highest BCUT2D eigenvalue weighted by molar-refractivity contribution is 5.97. The van der Waals surface area contributed by atoms with E-state index in [9.17, 15) is 14.0 Å². The number of carbonyl (C=O) groups excluding carboxylic acids is 2. The lowest BCUT2D eigenvalue weighted by Crippen LogP contribution is -2.48. The number of amides is 1. The number of piperidine rings is 1. The van der Waals surface area contributed by atoms with Crippen LogP contribution in [0.3, 0.4) is 0 Å². The molecule has 5 nitrogen and oxygen atoms in total. The number of rotatable bonds is 4. The van der Waals surface area contributed by atoms with Crippen molar-refractivity contribution in [1.29, 1.82) is 0 Å². The van der Waals surface area contributed by atoms with Gasteiger partial charge >= 0.3 is 6.09 Å². The second kappa shape index (κ2) is 7.47. The number of hydrogen-bond acceptors (Lipinski definition) is 4. The van der Waals surface area contributed by atoms with Crippen molar-refractivity contribution < 1.29 is 18.7 Å². The van der Waals surface area contributed by atoms with E-state index in [0.717, 1.165) is 24.6 Å². The molecule has 2 saturated heterocycles. The minimum atomic E-state index is -0.509. The van der Waals surface area contributed by atoms with E-state index in [0.29, 0.717) is 18.4 Å². The van der Waals surface area contributed by atoms with Crippen LogP contribution in [0.4, 0.5) is 9.18 Å². The normalized spacial score (nSPS) is 23.9. The van der Waals surface area contributed by atoms with Gasteiger partial charge in [0.1, 0.15) is 12.4 Å². The highest BCUT2D eigenvalue weighted by Crippen LogP contribution is 2.40. The average Bonchev–Trinajstić information content (AvgIpc) is 2.96. The topological polar surface area (TPSA) is 59.5 Å². The van der Waals surface area contributed by atoms with Gasteiger partial charge in [-0.2, -0.15) is 0 Å². The first-order chi connectivity index (χ1) is 13.1. The maximum Gasteiger partial charge on any atom is 0.410 e. The van der Waals surface area contributed by atoms with Crippen molar-refractivity contribution in [2.24, 2.45) is 5.92 Å². The molecule has 2 unspecified atom stereocenters. The van der Waals surface area contributed by atoms with E-state index < -0.39 is 5.82 Å². The molecule has 0 radical (unpaired) electrons. The SMILES string of the molecule is O=C(c1cncc(F)c1)C1CC2CCC(C1)N2C(=O)OCc1ccccc1. The lowest BCUT2D eigenvalue weighted by atomic mass is 9.85. The second-order valence-corrected chi connectivity index (χ2v) is 7.26. The number of pyridine rings is 1. The quantitative estimate of drug-likeness (QED) is 0.766. The molecule has 1 aromatic carbocycles. The molecular formula is C21H21FN2O3. The fourth-order valence-corrected chi connectivity index (χ4v) is 4.27. The Morgan fingerprint density at radius 2 is 1.81 bits per heavy atom. The summed E-state index contributed by atoms with van der Waals surface area (Å²) < 4.78 is 18.9. The molecule has 27 heavy (non-hydrogen) atoms. The number of Topliss-reactive ketones (excluding diaryl/α,β-unsaturated/α-hetero) is 1. The minimum Gasteiger partial charge on any atom is -0.445 e. The van der Waals surface area contributed by atoms with E-state index in [1.807, 2.05) is 30.3 Å². The van der Waals surface area contributed by atoms with Crippen LogP contribution in [-0.4, -0.2) is 33.8 Å². The summed E-state index contributed by atoms with van der Waals surface area (Å²) in [6.07, 6.45) is 5.11. The van der Waals surface area contributed by atoms with Crippen LogP contribution in [0.15, 0.2) is 48.8 Å². The van der Waals surface area contributed by atoms with E-state index in [2.05, 4.69) is 4.98 Å². The summed E-state index contributed by atoms with van der Waals surface area (Å²) in [6.45, 7) is 0.243. The van der Waals surface area contributed by atoms with Gasteiger partial charge in [-0.1, -0.05) is 30.3 Å². The second-order valence-electron chi connectivity index (χ2n) is 7.26. The zero-order chi connectivity index (χ0) is 18.8. The van der Waals surface area contributed by atoms with Crippen LogP contribution < -0.4 is 0 Å². The number of halogens is 1. The molecule has 2 atom stereocenters. The van der Waals surface area contributed by atoms with Crippen LogP contribution in [0, 0.1) is 11.7 Å². The van der Waals surface area contributed by atoms with Crippen molar-refractivity contribution in [3.05, 3.63) is 65.7 Å². The molecule has 0 spiro atoms. The molecule has 0 N–H and O–H groups in total. The monoisotopic (exact) mass is 368 g/mol. The Morgan fingerprint density at radius 1 is 1.11 bits per heavy atom. The molecule has 2 aliphatic heterocycles. The van der Waals surface area contributed by atoms with Crippen molar-refractivity contribution in [3.63, 3.8) is 0 Å². The van der Waals surface area contributed by atoms with Crippen LogP contribution in [0.25, 0.3) is 0 Å². The molecular weight excluding hydrogens is 347 g/mol. The van der Waals surface area contributed by atoms with Gasteiger partial charge in [0.15, 0.2) is 5.78 Å². The van der Waals surface area contributed by atoms with Gasteiger partial charge < -0.3 is 9.64 Å². The van der Waals surface area contributed by atoms with Crippen molar-refractivity contribution >= 4 is 11.9 Å². The van der Waals surface area contributed by atoms with E-state index >= 15 is 0 Å². The van der Waals surface area contributed by atoms with Crippen molar-refractivity contribution in [3.8, 4) is 0 Å². The number of nitrogens with zero attached hydrogens (tertiary/aromatic N) is 2. The van der Waals surface area contributed by atoms with Gasteiger partial charge in [0, 0.05) is 29.8 Å². The van der Waals surface area contributed by atoms with Crippen molar-refractivity contribution in [2.45, 2.75) is 44.4 Å². The number of ether oxygens (including phenoxy) is 1. The van der Waals surface area contributed by atoms with Gasteiger partial charge in [-0.05, 0) is 37.3 Å². The Balaban J connectivity index is 1.40. The molecule has 0 aliphatic carbocycles. The number of aromatic nitrogens is 1. The predicted molar refractivity (Wildman–Crippen MR) is 96.5 cm³/mol. The number of benzene rings is 1. The van der Waals surface area contributed by atoms with E-state index in [1.165, 1.54) is 12.3 Å². The third-order valence-electron chi connectivity index (χ3n) is 5.51. The summed E-state index contributed by atoms with van der Waals surface area (Å²) in [4.78, 5) is 30.9.